The zero-order valence-corrected chi connectivity index (χ0v) is 20.4. The molecule has 0 saturated carbocycles. The van der Waals surface area contributed by atoms with Crippen molar-refractivity contribution in [3.63, 3.8) is 0 Å². The number of hydrogen-bond acceptors (Lipinski definition) is 6. The second-order valence-corrected chi connectivity index (χ2v) is 8.91. The number of phenolic OH excluding ortho intramolecular Hbond substituents is 1. The third-order valence-corrected chi connectivity index (χ3v) is 6.89. The lowest BCUT2D eigenvalue weighted by molar-refractivity contribution is -0.127. The van der Waals surface area contributed by atoms with Crippen molar-refractivity contribution in [2.75, 3.05) is 20.2 Å². The lowest BCUT2D eigenvalue weighted by Crippen LogP contribution is -2.43. The Hall–Kier alpha value is -3.65. The number of rotatable bonds is 6. The number of amides is 1. The Kier molecular flexibility index (Phi) is 6.70. The number of benzene rings is 2. The summed E-state index contributed by atoms with van der Waals surface area (Å²) in [5.74, 6) is 0.565. The van der Waals surface area contributed by atoms with Crippen LogP contribution in [-0.4, -0.2) is 40.7 Å². The number of fused-ring (bicyclic) bond motifs is 1. The number of carbonyl (C=O) groups is 1. The predicted molar refractivity (Wildman–Crippen MR) is 133 cm³/mol. The monoisotopic (exact) mass is 477 g/mol. The van der Waals surface area contributed by atoms with Crippen LogP contribution in [-0.2, 0) is 4.79 Å². The van der Waals surface area contributed by atoms with Crippen molar-refractivity contribution >= 4 is 23.3 Å². The molecule has 2 aromatic carbocycles. The van der Waals surface area contributed by atoms with Crippen LogP contribution in [0.15, 0.2) is 69.6 Å². The second kappa shape index (κ2) is 9.69. The molecule has 34 heavy (non-hydrogen) atoms. The molecule has 3 aromatic rings. The number of likely N-dealkylation sites (N-methyl/N-ethyl adjacent to an activating group) is 1. The van der Waals surface area contributed by atoms with Crippen LogP contribution < -0.4 is 19.6 Å². The highest BCUT2D eigenvalue weighted by molar-refractivity contribution is 7.07. The largest absolute Gasteiger partial charge is 0.508 e. The average Bonchev–Trinajstić information content (AvgIpc) is 3.13. The molecule has 1 aliphatic heterocycles. The van der Waals surface area contributed by atoms with Gasteiger partial charge in [0.2, 0.25) is 0 Å². The van der Waals surface area contributed by atoms with E-state index < -0.39 is 6.04 Å². The molecule has 7 nitrogen and oxygen atoms in total. The van der Waals surface area contributed by atoms with Crippen molar-refractivity contribution in [2.24, 2.45) is 4.99 Å². The number of phenols is 1. The molecule has 0 bridgehead atoms. The topological polar surface area (TPSA) is 84.1 Å². The Balaban J connectivity index is 2.00. The third-order valence-electron chi connectivity index (χ3n) is 5.90. The fourth-order valence-corrected chi connectivity index (χ4v) is 5.28. The molecule has 1 unspecified atom stereocenters. The van der Waals surface area contributed by atoms with E-state index in [1.54, 1.807) is 40.9 Å². The molecule has 1 atom stereocenters. The molecule has 2 heterocycles. The lowest BCUT2D eigenvalue weighted by Gasteiger charge is -2.29. The average molecular weight is 478 g/mol. The molecule has 1 aliphatic rings. The predicted octanol–water partition coefficient (Wildman–Crippen LogP) is 2.82. The van der Waals surface area contributed by atoms with Crippen LogP contribution in [0.25, 0.3) is 6.08 Å². The molecule has 1 aromatic heterocycles. The van der Waals surface area contributed by atoms with Crippen molar-refractivity contribution in [3.05, 3.63) is 90.6 Å². The van der Waals surface area contributed by atoms with Crippen LogP contribution >= 0.6 is 11.3 Å². The summed E-state index contributed by atoms with van der Waals surface area (Å²) in [5, 5.41) is 9.82. The van der Waals surface area contributed by atoms with E-state index in [9.17, 15) is 14.7 Å². The van der Waals surface area contributed by atoms with Gasteiger partial charge in [-0.2, -0.15) is 0 Å². The van der Waals surface area contributed by atoms with E-state index in [4.69, 9.17) is 4.74 Å². The minimum absolute atomic E-state index is 0.122. The van der Waals surface area contributed by atoms with Gasteiger partial charge in [-0.3, -0.25) is 14.2 Å². The number of methoxy groups -OCH3 is 1. The van der Waals surface area contributed by atoms with Crippen molar-refractivity contribution in [1.29, 1.82) is 0 Å². The van der Waals surface area contributed by atoms with E-state index in [0.717, 1.165) is 5.56 Å². The van der Waals surface area contributed by atoms with Gasteiger partial charge >= 0.3 is 0 Å². The number of para-hydroxylation sites is 1. The summed E-state index contributed by atoms with van der Waals surface area (Å²) >= 11 is 1.26. The number of aromatic hydroxyl groups is 1. The fourth-order valence-electron chi connectivity index (χ4n) is 4.23. The summed E-state index contributed by atoms with van der Waals surface area (Å²) in [7, 11) is 1.58. The van der Waals surface area contributed by atoms with Crippen LogP contribution in [0.4, 0.5) is 0 Å². The molecule has 0 saturated heterocycles. The first-order valence-electron chi connectivity index (χ1n) is 11.1. The molecular formula is C26H27N3O4S. The Labute approximate surface area is 201 Å². The van der Waals surface area contributed by atoms with Crippen molar-refractivity contribution in [1.82, 2.24) is 9.47 Å². The quantitative estimate of drug-likeness (QED) is 0.592. The summed E-state index contributed by atoms with van der Waals surface area (Å²) in [5.41, 5.74) is 2.22. The molecule has 4 rings (SSSR count). The summed E-state index contributed by atoms with van der Waals surface area (Å²) in [6.07, 6.45) is 1.73. The number of hydrogen-bond donors (Lipinski definition) is 1. The van der Waals surface area contributed by atoms with Crippen molar-refractivity contribution in [3.8, 4) is 11.5 Å². The van der Waals surface area contributed by atoms with Gasteiger partial charge in [-0.25, -0.2) is 4.99 Å². The van der Waals surface area contributed by atoms with Gasteiger partial charge in [0.1, 0.15) is 17.5 Å². The second-order valence-electron chi connectivity index (χ2n) is 7.90. The Morgan fingerprint density at radius 1 is 1.21 bits per heavy atom. The highest BCUT2D eigenvalue weighted by Gasteiger charge is 2.35. The summed E-state index contributed by atoms with van der Waals surface area (Å²) in [6.45, 7) is 6.77. The van der Waals surface area contributed by atoms with Gasteiger partial charge in [0.25, 0.3) is 11.5 Å². The van der Waals surface area contributed by atoms with Gasteiger partial charge in [-0.05, 0) is 50.6 Å². The van der Waals surface area contributed by atoms with E-state index >= 15 is 0 Å². The summed E-state index contributed by atoms with van der Waals surface area (Å²) in [4.78, 5) is 34.3. The smallest absolute Gasteiger partial charge is 0.271 e. The molecule has 8 heteroatoms. The molecule has 0 radical (unpaired) electrons. The number of ether oxygens (including phenoxy) is 1. The molecular weight excluding hydrogens is 450 g/mol. The van der Waals surface area contributed by atoms with Crippen LogP contribution in [0.3, 0.4) is 0 Å². The highest BCUT2D eigenvalue weighted by atomic mass is 32.1. The van der Waals surface area contributed by atoms with E-state index in [1.165, 1.54) is 11.3 Å². The maximum atomic E-state index is 13.7. The number of allylic oxidation sites excluding steroid dienone is 1. The molecule has 0 spiro atoms. The first-order chi connectivity index (χ1) is 16.4. The third kappa shape index (κ3) is 4.17. The number of thiazole rings is 1. The summed E-state index contributed by atoms with van der Waals surface area (Å²) in [6, 6.07) is 13.5. The van der Waals surface area contributed by atoms with Gasteiger partial charge in [0, 0.05) is 18.7 Å². The number of nitrogens with zero attached hydrogens (tertiary/aromatic N) is 3. The Morgan fingerprint density at radius 2 is 1.94 bits per heavy atom. The normalized spacial score (nSPS) is 15.6. The van der Waals surface area contributed by atoms with Crippen LogP contribution in [0.1, 0.15) is 37.9 Å². The molecule has 176 valence electrons. The van der Waals surface area contributed by atoms with Crippen molar-refractivity contribution < 1.29 is 14.6 Å². The maximum absolute atomic E-state index is 13.7. The molecule has 1 amide bonds. The fraction of sp³-hybridized carbons (Fsp3) is 0.269. The lowest BCUT2D eigenvalue weighted by atomic mass is 9.94. The van der Waals surface area contributed by atoms with Gasteiger partial charge in [0.15, 0.2) is 4.80 Å². The molecule has 0 aliphatic carbocycles. The van der Waals surface area contributed by atoms with Crippen LogP contribution in [0.5, 0.6) is 11.5 Å². The van der Waals surface area contributed by atoms with Gasteiger partial charge < -0.3 is 14.7 Å². The first kappa shape index (κ1) is 23.5. The van der Waals surface area contributed by atoms with Gasteiger partial charge in [-0.1, -0.05) is 41.7 Å². The minimum atomic E-state index is -0.674. The van der Waals surface area contributed by atoms with E-state index in [2.05, 4.69) is 4.99 Å². The van der Waals surface area contributed by atoms with E-state index in [-0.39, 0.29) is 17.2 Å². The summed E-state index contributed by atoms with van der Waals surface area (Å²) < 4.78 is 7.67. The van der Waals surface area contributed by atoms with E-state index in [1.807, 2.05) is 51.1 Å². The van der Waals surface area contributed by atoms with Crippen LogP contribution in [0, 0.1) is 0 Å². The standard InChI is InChI=1S/C26H27N3O4S/c1-5-28(6-2)25(32)22-16(3)27-26-29(23(22)19-12-7-8-13-20(19)33-4)24(31)21(34-26)15-17-10-9-11-18(30)14-17/h7-15,23,30H,5-6H2,1-4H3/b21-15+. The highest BCUT2D eigenvalue weighted by Crippen LogP contribution is 2.36. The molecule has 0 fully saturated rings. The zero-order valence-electron chi connectivity index (χ0n) is 19.6. The van der Waals surface area contributed by atoms with Crippen LogP contribution in [0.2, 0.25) is 0 Å². The van der Waals surface area contributed by atoms with E-state index in [0.29, 0.717) is 45.0 Å². The SMILES string of the molecule is CCN(CC)C(=O)C1=C(C)N=c2s/c(=C/c3cccc(O)c3)c(=O)n2C1c1ccccc1OC. The Morgan fingerprint density at radius 3 is 2.62 bits per heavy atom. The molecule has 1 N–H and O–H groups in total. The zero-order chi connectivity index (χ0) is 24.4. The van der Waals surface area contributed by atoms with Crippen molar-refractivity contribution in [2.45, 2.75) is 26.8 Å². The Bertz CT molecular complexity index is 1450. The number of aromatic nitrogens is 1. The van der Waals surface area contributed by atoms with Gasteiger partial charge in [-0.15, -0.1) is 0 Å². The first-order valence-corrected chi connectivity index (χ1v) is 11.9. The number of carbonyl (C=O) groups excluding carboxylic acids is 1. The van der Waals surface area contributed by atoms with Gasteiger partial charge in [0.05, 0.1) is 22.9 Å². The maximum Gasteiger partial charge on any atom is 0.271 e. The minimum Gasteiger partial charge on any atom is -0.508 e.